The molecule has 1 rings (SSSR count). The van der Waals surface area contributed by atoms with Crippen molar-refractivity contribution in [2.24, 2.45) is 0 Å². The summed E-state index contributed by atoms with van der Waals surface area (Å²) in [7, 11) is -0.433. The monoisotopic (exact) mass is 297 g/mol. The van der Waals surface area contributed by atoms with E-state index in [0.29, 0.717) is 9.50 Å². The number of hydrogen-bond acceptors (Lipinski definition) is 2. The molecule has 0 fully saturated rings. The molecule has 0 radical (unpaired) electrons. The first-order valence-corrected chi connectivity index (χ1v) is 6.34. The molecule has 0 aromatic heterocycles. The van der Waals surface area contributed by atoms with Gasteiger partial charge in [0.2, 0.25) is 10.0 Å². The molecule has 0 unspecified atom stereocenters. The van der Waals surface area contributed by atoms with E-state index in [-0.39, 0.29) is 4.90 Å². The first-order chi connectivity index (χ1) is 6.35. The van der Waals surface area contributed by atoms with Crippen molar-refractivity contribution < 1.29 is 8.42 Å². The van der Waals surface area contributed by atoms with Crippen LogP contribution in [0.5, 0.6) is 0 Å². The van der Waals surface area contributed by atoms with Crippen molar-refractivity contribution in [2.45, 2.75) is 4.90 Å². The van der Waals surface area contributed by atoms with E-state index in [9.17, 15) is 8.42 Å². The first-order valence-electron chi connectivity index (χ1n) is 3.73. The predicted molar refractivity (Wildman–Crippen MR) is 60.0 cm³/mol. The van der Waals surface area contributed by atoms with Gasteiger partial charge in [0.05, 0.1) is 9.92 Å². The molecular formula is C8H9BrClNO2S. The highest BCUT2D eigenvalue weighted by atomic mass is 79.9. The van der Waals surface area contributed by atoms with Gasteiger partial charge in [-0.2, -0.15) is 0 Å². The second kappa shape index (κ2) is 4.18. The standard InChI is InChI=1S/C8H9BrClNO2S/c1-11(2)14(12,13)6-3-4-7(9)8(10)5-6/h3-5H,1-2H3. The number of halogens is 2. The lowest BCUT2D eigenvalue weighted by molar-refractivity contribution is 0.521. The molecule has 0 N–H and O–H groups in total. The fourth-order valence-electron chi connectivity index (χ4n) is 0.848. The number of rotatable bonds is 2. The number of nitrogens with zero attached hydrogens (tertiary/aromatic N) is 1. The third kappa shape index (κ3) is 2.28. The molecule has 0 saturated carbocycles. The molecule has 78 valence electrons. The zero-order chi connectivity index (χ0) is 10.9. The fourth-order valence-corrected chi connectivity index (χ4v) is 2.27. The molecule has 0 aliphatic rings. The Morgan fingerprint density at radius 2 is 1.93 bits per heavy atom. The molecule has 6 heteroatoms. The lowest BCUT2D eigenvalue weighted by atomic mass is 10.4. The highest BCUT2D eigenvalue weighted by Crippen LogP contribution is 2.26. The lowest BCUT2D eigenvalue weighted by Crippen LogP contribution is -2.22. The van der Waals surface area contributed by atoms with E-state index in [1.165, 1.54) is 26.2 Å². The van der Waals surface area contributed by atoms with Gasteiger partial charge in [-0.15, -0.1) is 0 Å². The highest BCUT2D eigenvalue weighted by Gasteiger charge is 2.17. The molecule has 0 heterocycles. The average molecular weight is 299 g/mol. The zero-order valence-corrected chi connectivity index (χ0v) is 10.8. The summed E-state index contributed by atoms with van der Waals surface area (Å²) < 4.78 is 25.1. The van der Waals surface area contributed by atoms with Crippen molar-refractivity contribution in [3.8, 4) is 0 Å². The molecule has 0 bridgehead atoms. The summed E-state index contributed by atoms with van der Waals surface area (Å²) in [5, 5.41) is 0.382. The first kappa shape index (κ1) is 12.0. The van der Waals surface area contributed by atoms with Gasteiger partial charge >= 0.3 is 0 Å². The quantitative estimate of drug-likeness (QED) is 0.840. The fraction of sp³-hybridized carbons (Fsp3) is 0.250. The van der Waals surface area contributed by atoms with E-state index in [0.717, 1.165) is 4.31 Å². The molecule has 14 heavy (non-hydrogen) atoms. The number of sulfonamides is 1. The maximum atomic E-state index is 11.6. The molecule has 0 atom stereocenters. The predicted octanol–water partition coefficient (Wildman–Crippen LogP) is 2.35. The van der Waals surface area contributed by atoms with Gasteiger partial charge < -0.3 is 0 Å². The molecule has 0 spiro atoms. The number of benzene rings is 1. The van der Waals surface area contributed by atoms with Crippen LogP contribution in [0.25, 0.3) is 0 Å². The van der Waals surface area contributed by atoms with Crippen molar-refractivity contribution in [2.75, 3.05) is 14.1 Å². The van der Waals surface area contributed by atoms with E-state index in [4.69, 9.17) is 11.6 Å². The van der Waals surface area contributed by atoms with Crippen molar-refractivity contribution in [1.82, 2.24) is 4.31 Å². The summed E-state index contributed by atoms with van der Waals surface area (Å²) >= 11 is 8.99. The van der Waals surface area contributed by atoms with E-state index < -0.39 is 10.0 Å². The van der Waals surface area contributed by atoms with Gasteiger partial charge in [0.15, 0.2) is 0 Å². The van der Waals surface area contributed by atoms with Crippen molar-refractivity contribution >= 4 is 37.6 Å². The Hall–Kier alpha value is -0.100. The van der Waals surface area contributed by atoms with Crippen molar-refractivity contribution in [1.29, 1.82) is 0 Å². The van der Waals surface area contributed by atoms with E-state index >= 15 is 0 Å². The van der Waals surface area contributed by atoms with Gasteiger partial charge in [-0.25, -0.2) is 12.7 Å². The van der Waals surface area contributed by atoms with Crippen molar-refractivity contribution in [3.63, 3.8) is 0 Å². The van der Waals surface area contributed by atoms with Crippen LogP contribution in [0, 0.1) is 0 Å². The molecule has 0 saturated heterocycles. The van der Waals surface area contributed by atoms with Crippen LogP contribution in [0.2, 0.25) is 5.02 Å². The van der Waals surface area contributed by atoms with Crippen LogP contribution in [-0.2, 0) is 10.0 Å². The Kier molecular flexibility index (Phi) is 3.58. The Morgan fingerprint density at radius 1 is 1.36 bits per heavy atom. The minimum atomic E-state index is -3.39. The Balaban J connectivity index is 3.29. The maximum absolute atomic E-state index is 11.6. The van der Waals surface area contributed by atoms with Crippen LogP contribution in [0.15, 0.2) is 27.6 Å². The highest BCUT2D eigenvalue weighted by molar-refractivity contribution is 9.10. The Bertz CT molecular complexity index is 445. The van der Waals surface area contributed by atoms with Gasteiger partial charge in [0.1, 0.15) is 0 Å². The molecular weight excluding hydrogens is 290 g/mol. The van der Waals surface area contributed by atoms with Crippen LogP contribution in [0.1, 0.15) is 0 Å². The summed E-state index contributed by atoms with van der Waals surface area (Å²) in [5.74, 6) is 0. The van der Waals surface area contributed by atoms with Crippen LogP contribution >= 0.6 is 27.5 Å². The minimum absolute atomic E-state index is 0.190. The summed E-state index contributed by atoms with van der Waals surface area (Å²) in [5.41, 5.74) is 0. The van der Waals surface area contributed by atoms with Crippen LogP contribution in [-0.4, -0.2) is 26.8 Å². The van der Waals surface area contributed by atoms with Crippen LogP contribution in [0.3, 0.4) is 0 Å². The summed E-state index contributed by atoms with van der Waals surface area (Å²) in [6, 6.07) is 4.53. The van der Waals surface area contributed by atoms with Gasteiger partial charge in [-0.1, -0.05) is 11.6 Å². The summed E-state index contributed by atoms with van der Waals surface area (Å²) in [6.07, 6.45) is 0. The Labute approximate surface area is 96.9 Å². The van der Waals surface area contributed by atoms with Crippen molar-refractivity contribution in [3.05, 3.63) is 27.7 Å². The molecule has 1 aromatic rings. The largest absolute Gasteiger partial charge is 0.242 e. The van der Waals surface area contributed by atoms with E-state index in [2.05, 4.69) is 15.9 Å². The smallest absolute Gasteiger partial charge is 0.207 e. The molecule has 0 aliphatic carbocycles. The third-order valence-electron chi connectivity index (χ3n) is 1.67. The Morgan fingerprint density at radius 3 is 2.36 bits per heavy atom. The second-order valence-electron chi connectivity index (χ2n) is 2.86. The molecule has 0 amide bonds. The SMILES string of the molecule is CN(C)S(=O)(=O)c1ccc(Br)c(Cl)c1. The minimum Gasteiger partial charge on any atom is -0.207 e. The number of hydrogen-bond donors (Lipinski definition) is 0. The average Bonchev–Trinajstić information content (AvgIpc) is 2.09. The van der Waals surface area contributed by atoms with Crippen LogP contribution < -0.4 is 0 Å². The molecule has 0 aliphatic heterocycles. The molecule has 1 aromatic carbocycles. The lowest BCUT2D eigenvalue weighted by Gasteiger charge is -2.11. The summed E-state index contributed by atoms with van der Waals surface area (Å²) in [6.45, 7) is 0. The molecule has 3 nitrogen and oxygen atoms in total. The van der Waals surface area contributed by atoms with E-state index in [1.54, 1.807) is 6.07 Å². The van der Waals surface area contributed by atoms with E-state index in [1.807, 2.05) is 0 Å². The van der Waals surface area contributed by atoms with Gasteiger partial charge in [0.25, 0.3) is 0 Å². The normalized spacial score (nSPS) is 12.1. The summed E-state index contributed by atoms with van der Waals surface area (Å²) in [4.78, 5) is 0.190. The third-order valence-corrected chi connectivity index (χ3v) is 4.71. The zero-order valence-electron chi connectivity index (χ0n) is 7.66. The maximum Gasteiger partial charge on any atom is 0.242 e. The topological polar surface area (TPSA) is 37.4 Å². The van der Waals surface area contributed by atoms with Gasteiger partial charge in [0, 0.05) is 18.6 Å². The van der Waals surface area contributed by atoms with Crippen LogP contribution in [0.4, 0.5) is 0 Å². The van der Waals surface area contributed by atoms with Gasteiger partial charge in [-0.05, 0) is 34.1 Å². The van der Waals surface area contributed by atoms with Gasteiger partial charge in [-0.3, -0.25) is 0 Å². The second-order valence-corrected chi connectivity index (χ2v) is 6.28.